The molecule has 4 nitrogen and oxygen atoms in total. The molecule has 2 N–H and O–H groups in total. The molecule has 0 aromatic carbocycles. The standard InChI is InChI=1S/C11H22N2O2/c1-3-15-11(14)9(2)7-13-5-4-10(6-12)8-13/h9-10H,3-8,12H2,1-2H3. The van der Waals surface area contributed by atoms with Crippen molar-refractivity contribution in [2.24, 2.45) is 17.6 Å². The quantitative estimate of drug-likeness (QED) is 0.676. The third-order valence-corrected chi connectivity index (χ3v) is 2.92. The van der Waals surface area contributed by atoms with E-state index in [2.05, 4.69) is 4.90 Å². The van der Waals surface area contributed by atoms with Crippen LogP contribution in [0.15, 0.2) is 0 Å². The summed E-state index contributed by atoms with van der Waals surface area (Å²) in [6.45, 7) is 7.87. The maximum Gasteiger partial charge on any atom is 0.309 e. The van der Waals surface area contributed by atoms with E-state index < -0.39 is 0 Å². The van der Waals surface area contributed by atoms with Gasteiger partial charge in [-0.25, -0.2) is 0 Å². The molecule has 1 heterocycles. The van der Waals surface area contributed by atoms with Gasteiger partial charge in [0.05, 0.1) is 12.5 Å². The number of rotatable bonds is 5. The maximum atomic E-state index is 11.4. The predicted octanol–water partition coefficient (Wildman–Crippen LogP) is 0.466. The molecule has 2 atom stereocenters. The number of nitrogens with zero attached hydrogens (tertiary/aromatic N) is 1. The second-order valence-corrected chi connectivity index (χ2v) is 4.30. The number of likely N-dealkylation sites (tertiary alicyclic amines) is 1. The van der Waals surface area contributed by atoms with Gasteiger partial charge in [-0.05, 0) is 32.4 Å². The van der Waals surface area contributed by atoms with Crippen LogP contribution in [0.1, 0.15) is 20.3 Å². The molecule has 15 heavy (non-hydrogen) atoms. The van der Waals surface area contributed by atoms with Gasteiger partial charge in [0.1, 0.15) is 0 Å². The lowest BCUT2D eigenvalue weighted by Crippen LogP contribution is -2.31. The minimum absolute atomic E-state index is 0.0264. The molecule has 4 heteroatoms. The Bertz CT molecular complexity index is 209. The van der Waals surface area contributed by atoms with Crippen LogP contribution in [0.2, 0.25) is 0 Å². The number of hydrogen-bond donors (Lipinski definition) is 1. The molecule has 2 unspecified atom stereocenters. The van der Waals surface area contributed by atoms with Crippen LogP contribution in [0.5, 0.6) is 0 Å². The average molecular weight is 214 g/mol. The summed E-state index contributed by atoms with van der Waals surface area (Å²) >= 11 is 0. The van der Waals surface area contributed by atoms with Gasteiger partial charge in [-0.15, -0.1) is 0 Å². The molecule has 0 amide bonds. The van der Waals surface area contributed by atoms with Gasteiger partial charge < -0.3 is 15.4 Å². The summed E-state index contributed by atoms with van der Waals surface area (Å²) in [6, 6.07) is 0. The van der Waals surface area contributed by atoms with Crippen molar-refractivity contribution in [3.8, 4) is 0 Å². The molecule has 0 aliphatic carbocycles. The van der Waals surface area contributed by atoms with Gasteiger partial charge >= 0.3 is 5.97 Å². The zero-order chi connectivity index (χ0) is 11.3. The number of esters is 1. The van der Waals surface area contributed by atoms with Crippen LogP contribution in [-0.2, 0) is 9.53 Å². The van der Waals surface area contributed by atoms with E-state index in [4.69, 9.17) is 10.5 Å². The van der Waals surface area contributed by atoms with Gasteiger partial charge in [-0.3, -0.25) is 4.79 Å². The Balaban J connectivity index is 2.26. The summed E-state index contributed by atoms with van der Waals surface area (Å²) in [7, 11) is 0. The number of carbonyl (C=O) groups excluding carboxylic acids is 1. The summed E-state index contributed by atoms with van der Waals surface area (Å²) in [5.41, 5.74) is 5.62. The summed E-state index contributed by atoms with van der Waals surface area (Å²) in [4.78, 5) is 13.7. The molecular weight excluding hydrogens is 192 g/mol. The van der Waals surface area contributed by atoms with E-state index in [9.17, 15) is 4.79 Å². The van der Waals surface area contributed by atoms with Gasteiger partial charge in [0.15, 0.2) is 0 Å². The minimum atomic E-state index is -0.0892. The molecule has 1 rings (SSSR count). The van der Waals surface area contributed by atoms with E-state index in [0.717, 1.165) is 32.6 Å². The zero-order valence-electron chi connectivity index (χ0n) is 9.74. The van der Waals surface area contributed by atoms with Gasteiger partial charge in [0.2, 0.25) is 0 Å². The van der Waals surface area contributed by atoms with Crippen LogP contribution in [0.3, 0.4) is 0 Å². The Kier molecular flexibility index (Phi) is 5.05. The normalized spacial score (nSPS) is 24.1. The molecule has 1 aliphatic rings. The zero-order valence-corrected chi connectivity index (χ0v) is 9.74. The second kappa shape index (κ2) is 6.08. The lowest BCUT2D eigenvalue weighted by atomic mass is 10.1. The van der Waals surface area contributed by atoms with Crippen molar-refractivity contribution >= 4 is 5.97 Å². The van der Waals surface area contributed by atoms with Crippen molar-refractivity contribution in [2.45, 2.75) is 20.3 Å². The SMILES string of the molecule is CCOC(=O)C(C)CN1CCC(CN)C1. The van der Waals surface area contributed by atoms with Crippen LogP contribution >= 0.6 is 0 Å². The first-order valence-electron chi connectivity index (χ1n) is 5.76. The fourth-order valence-corrected chi connectivity index (χ4v) is 2.02. The van der Waals surface area contributed by atoms with E-state index >= 15 is 0 Å². The molecule has 88 valence electrons. The van der Waals surface area contributed by atoms with Crippen LogP contribution in [0.4, 0.5) is 0 Å². The molecule has 1 saturated heterocycles. The Morgan fingerprint density at radius 1 is 1.67 bits per heavy atom. The Morgan fingerprint density at radius 3 is 2.93 bits per heavy atom. The third-order valence-electron chi connectivity index (χ3n) is 2.92. The Hall–Kier alpha value is -0.610. The molecule has 0 bridgehead atoms. The highest BCUT2D eigenvalue weighted by atomic mass is 16.5. The first-order valence-corrected chi connectivity index (χ1v) is 5.76. The topological polar surface area (TPSA) is 55.6 Å². The van der Waals surface area contributed by atoms with Crippen molar-refractivity contribution < 1.29 is 9.53 Å². The van der Waals surface area contributed by atoms with Crippen molar-refractivity contribution in [3.63, 3.8) is 0 Å². The van der Waals surface area contributed by atoms with Crippen molar-refractivity contribution in [3.05, 3.63) is 0 Å². The molecule has 0 saturated carbocycles. The Labute approximate surface area is 91.8 Å². The van der Waals surface area contributed by atoms with Gasteiger partial charge in [-0.2, -0.15) is 0 Å². The van der Waals surface area contributed by atoms with Crippen molar-refractivity contribution in [1.82, 2.24) is 4.90 Å². The van der Waals surface area contributed by atoms with Crippen LogP contribution in [0, 0.1) is 11.8 Å². The van der Waals surface area contributed by atoms with E-state index in [1.807, 2.05) is 13.8 Å². The summed E-state index contributed by atoms with van der Waals surface area (Å²) in [6.07, 6.45) is 1.16. The van der Waals surface area contributed by atoms with Crippen LogP contribution in [0.25, 0.3) is 0 Å². The number of ether oxygens (including phenoxy) is 1. The molecule has 0 spiro atoms. The average Bonchev–Trinajstić information content (AvgIpc) is 2.66. The summed E-state index contributed by atoms with van der Waals surface area (Å²) in [5.74, 6) is 0.495. The number of carbonyl (C=O) groups is 1. The molecule has 0 radical (unpaired) electrons. The third kappa shape index (κ3) is 3.80. The van der Waals surface area contributed by atoms with E-state index in [0.29, 0.717) is 12.5 Å². The van der Waals surface area contributed by atoms with Crippen LogP contribution < -0.4 is 5.73 Å². The highest BCUT2D eigenvalue weighted by molar-refractivity contribution is 5.72. The largest absolute Gasteiger partial charge is 0.466 e. The number of nitrogens with two attached hydrogens (primary N) is 1. The summed E-state index contributed by atoms with van der Waals surface area (Å²) < 4.78 is 4.98. The lowest BCUT2D eigenvalue weighted by Gasteiger charge is -2.19. The first-order chi connectivity index (χ1) is 7.17. The van der Waals surface area contributed by atoms with Crippen LogP contribution in [-0.4, -0.2) is 43.7 Å². The monoisotopic (exact) mass is 214 g/mol. The van der Waals surface area contributed by atoms with Gasteiger partial charge in [-0.1, -0.05) is 6.92 Å². The minimum Gasteiger partial charge on any atom is -0.466 e. The molecule has 0 aromatic heterocycles. The lowest BCUT2D eigenvalue weighted by molar-refractivity contribution is -0.147. The molecule has 0 aromatic rings. The summed E-state index contributed by atoms with van der Waals surface area (Å²) in [5, 5.41) is 0. The molecule has 1 fully saturated rings. The van der Waals surface area contributed by atoms with E-state index in [-0.39, 0.29) is 11.9 Å². The molecule has 1 aliphatic heterocycles. The Morgan fingerprint density at radius 2 is 2.40 bits per heavy atom. The second-order valence-electron chi connectivity index (χ2n) is 4.30. The highest BCUT2D eigenvalue weighted by Gasteiger charge is 2.25. The first kappa shape index (κ1) is 12.5. The number of hydrogen-bond acceptors (Lipinski definition) is 4. The van der Waals surface area contributed by atoms with Gasteiger partial charge in [0, 0.05) is 13.1 Å². The smallest absolute Gasteiger partial charge is 0.309 e. The van der Waals surface area contributed by atoms with Crippen molar-refractivity contribution in [1.29, 1.82) is 0 Å². The molecular formula is C11H22N2O2. The highest BCUT2D eigenvalue weighted by Crippen LogP contribution is 2.16. The van der Waals surface area contributed by atoms with E-state index in [1.165, 1.54) is 0 Å². The maximum absolute atomic E-state index is 11.4. The fourth-order valence-electron chi connectivity index (χ4n) is 2.02. The predicted molar refractivity (Wildman–Crippen MR) is 59.4 cm³/mol. The van der Waals surface area contributed by atoms with E-state index in [1.54, 1.807) is 0 Å². The van der Waals surface area contributed by atoms with Crippen molar-refractivity contribution in [2.75, 3.05) is 32.8 Å². The van der Waals surface area contributed by atoms with Gasteiger partial charge in [0.25, 0.3) is 0 Å². The fraction of sp³-hybridized carbons (Fsp3) is 0.909.